The van der Waals surface area contributed by atoms with E-state index in [1.165, 1.54) is 11.8 Å². The highest BCUT2D eigenvalue weighted by Crippen LogP contribution is 2.23. The van der Waals surface area contributed by atoms with Gasteiger partial charge in [0.15, 0.2) is 0 Å². The molecule has 0 radical (unpaired) electrons. The molecule has 4 nitrogen and oxygen atoms in total. The summed E-state index contributed by atoms with van der Waals surface area (Å²) < 4.78 is 10.2. The molecule has 72 valence electrons. The van der Waals surface area contributed by atoms with E-state index in [9.17, 15) is 4.79 Å². The molecule has 1 aromatic heterocycles. The Morgan fingerprint density at radius 3 is 2.92 bits per heavy atom. The first kappa shape index (κ1) is 10.6. The fourth-order valence-corrected chi connectivity index (χ4v) is 1.56. The highest BCUT2D eigenvalue weighted by atomic mass is 79.9. The lowest BCUT2D eigenvalue weighted by Gasteiger charge is -1.95. The quantitative estimate of drug-likeness (QED) is 0.620. The van der Waals surface area contributed by atoms with Crippen molar-refractivity contribution in [2.75, 3.05) is 12.9 Å². The Morgan fingerprint density at radius 1 is 1.77 bits per heavy atom. The van der Waals surface area contributed by atoms with Gasteiger partial charge in [0.1, 0.15) is 0 Å². The number of oxazole rings is 1. The summed E-state index contributed by atoms with van der Waals surface area (Å²) in [6.45, 7) is 2.06. The first-order valence-electron chi connectivity index (χ1n) is 3.56. The minimum Gasteiger partial charge on any atom is -0.461 e. The molecule has 6 heteroatoms. The number of hydrogen-bond acceptors (Lipinski definition) is 5. The summed E-state index contributed by atoms with van der Waals surface area (Å²) in [6, 6.07) is 0. The van der Waals surface area contributed by atoms with E-state index in [1.54, 1.807) is 6.92 Å². The van der Waals surface area contributed by atoms with E-state index in [0.29, 0.717) is 16.5 Å². The van der Waals surface area contributed by atoms with Crippen molar-refractivity contribution in [2.45, 2.75) is 12.1 Å². The maximum Gasteiger partial charge on any atom is 0.361 e. The zero-order valence-corrected chi connectivity index (χ0v) is 9.57. The molecule has 0 saturated heterocycles. The Balaban J connectivity index is 2.87. The molecule has 0 bridgehead atoms. The first-order valence-corrected chi connectivity index (χ1v) is 5.58. The van der Waals surface area contributed by atoms with Crippen LogP contribution in [0, 0.1) is 0 Å². The van der Waals surface area contributed by atoms with Crippen molar-refractivity contribution in [2.24, 2.45) is 0 Å². The third-order valence-corrected chi connectivity index (χ3v) is 2.27. The number of hydrogen-bond donors (Lipinski definition) is 0. The van der Waals surface area contributed by atoms with Gasteiger partial charge in [-0.25, -0.2) is 4.79 Å². The van der Waals surface area contributed by atoms with Gasteiger partial charge in [-0.3, -0.25) is 0 Å². The van der Waals surface area contributed by atoms with Crippen molar-refractivity contribution < 1.29 is 13.9 Å². The Hall–Kier alpha value is -0.490. The summed E-state index contributed by atoms with van der Waals surface area (Å²) in [5.74, 6) is -0.474. The van der Waals surface area contributed by atoms with Crippen LogP contribution in [-0.4, -0.2) is 23.8 Å². The molecule has 1 heterocycles. The molecule has 0 amide bonds. The van der Waals surface area contributed by atoms with Crippen molar-refractivity contribution in [1.82, 2.24) is 4.98 Å². The van der Waals surface area contributed by atoms with Gasteiger partial charge in [-0.1, -0.05) is 11.8 Å². The molecule has 0 spiro atoms. The molecule has 1 aromatic rings. The number of carbonyl (C=O) groups is 1. The minimum atomic E-state index is -0.474. The smallest absolute Gasteiger partial charge is 0.361 e. The number of nitrogens with zero attached hydrogens (tertiary/aromatic N) is 1. The lowest BCUT2D eigenvalue weighted by Crippen LogP contribution is -2.05. The van der Waals surface area contributed by atoms with E-state index in [-0.39, 0.29) is 5.69 Å². The largest absolute Gasteiger partial charge is 0.461 e. The standard InChI is InChI=1S/C7H8BrNO3S/c1-3-11-6(10)4-5(8)12-7(9-4)13-2/h3H2,1-2H3. The third-order valence-electron chi connectivity index (χ3n) is 1.21. The topological polar surface area (TPSA) is 52.3 Å². The fourth-order valence-electron chi connectivity index (χ4n) is 0.696. The maximum atomic E-state index is 11.2. The van der Waals surface area contributed by atoms with Crippen molar-refractivity contribution in [3.63, 3.8) is 0 Å². The van der Waals surface area contributed by atoms with Crippen LogP contribution in [0.15, 0.2) is 14.3 Å². The molecular formula is C7H8BrNO3S. The number of rotatable bonds is 3. The van der Waals surface area contributed by atoms with Crippen molar-refractivity contribution >= 4 is 33.7 Å². The Labute approximate surface area is 88.2 Å². The average molecular weight is 266 g/mol. The number of carbonyl (C=O) groups excluding carboxylic acids is 1. The number of thioether (sulfide) groups is 1. The Morgan fingerprint density at radius 2 is 2.46 bits per heavy atom. The zero-order valence-electron chi connectivity index (χ0n) is 7.17. The van der Waals surface area contributed by atoms with Gasteiger partial charge in [-0.2, -0.15) is 4.98 Å². The summed E-state index contributed by atoms with van der Waals surface area (Å²) >= 11 is 4.41. The van der Waals surface area contributed by atoms with Gasteiger partial charge in [0.05, 0.1) is 6.61 Å². The molecule has 1 rings (SSSR count). The average Bonchev–Trinajstić information content (AvgIpc) is 2.47. The van der Waals surface area contributed by atoms with E-state index in [2.05, 4.69) is 20.9 Å². The van der Waals surface area contributed by atoms with Gasteiger partial charge >= 0.3 is 5.97 Å². The van der Waals surface area contributed by atoms with Crippen LogP contribution in [0.2, 0.25) is 0 Å². The molecule has 0 fully saturated rings. The monoisotopic (exact) mass is 265 g/mol. The second-order valence-corrected chi connectivity index (χ2v) is 3.50. The van der Waals surface area contributed by atoms with Crippen LogP contribution < -0.4 is 0 Å². The predicted octanol–water partition coefficient (Wildman–Crippen LogP) is 2.34. The van der Waals surface area contributed by atoms with Crippen molar-refractivity contribution in [3.05, 3.63) is 10.4 Å². The highest BCUT2D eigenvalue weighted by Gasteiger charge is 2.18. The van der Waals surface area contributed by atoms with Crippen LogP contribution in [0.4, 0.5) is 0 Å². The third kappa shape index (κ3) is 2.47. The second kappa shape index (κ2) is 4.66. The number of esters is 1. The zero-order chi connectivity index (χ0) is 9.84. The number of ether oxygens (including phenoxy) is 1. The molecule has 0 aromatic carbocycles. The molecular weight excluding hydrogens is 258 g/mol. The first-order chi connectivity index (χ1) is 6.19. The number of aromatic nitrogens is 1. The Bertz CT molecular complexity index is 313. The van der Waals surface area contributed by atoms with E-state index in [4.69, 9.17) is 9.15 Å². The molecule has 13 heavy (non-hydrogen) atoms. The highest BCUT2D eigenvalue weighted by molar-refractivity contribution is 9.10. The molecule has 0 aliphatic carbocycles. The van der Waals surface area contributed by atoms with Crippen molar-refractivity contribution in [1.29, 1.82) is 0 Å². The molecule has 0 atom stereocenters. The van der Waals surface area contributed by atoms with Crippen LogP contribution in [0.3, 0.4) is 0 Å². The normalized spacial score (nSPS) is 10.1. The lowest BCUT2D eigenvalue weighted by atomic mass is 10.5. The van der Waals surface area contributed by atoms with E-state index in [1.807, 2.05) is 6.26 Å². The van der Waals surface area contributed by atoms with Gasteiger partial charge in [-0.15, -0.1) is 0 Å². The van der Waals surface area contributed by atoms with E-state index in [0.717, 1.165) is 0 Å². The van der Waals surface area contributed by atoms with Crippen molar-refractivity contribution in [3.8, 4) is 0 Å². The van der Waals surface area contributed by atoms with Gasteiger partial charge in [-0.05, 0) is 29.1 Å². The van der Waals surface area contributed by atoms with Crippen LogP contribution in [-0.2, 0) is 4.74 Å². The fraction of sp³-hybridized carbons (Fsp3) is 0.429. The Kier molecular flexibility index (Phi) is 3.80. The molecule has 0 saturated carbocycles. The van der Waals surface area contributed by atoms with Crippen LogP contribution in [0.5, 0.6) is 0 Å². The molecule has 0 aliphatic heterocycles. The maximum absolute atomic E-state index is 11.2. The predicted molar refractivity (Wildman–Crippen MR) is 51.9 cm³/mol. The summed E-state index contributed by atoms with van der Waals surface area (Å²) in [5, 5.41) is 0.440. The van der Waals surface area contributed by atoms with E-state index < -0.39 is 5.97 Å². The summed E-state index contributed by atoms with van der Waals surface area (Å²) in [4.78, 5) is 15.1. The van der Waals surface area contributed by atoms with Crippen LogP contribution >= 0.6 is 27.7 Å². The molecule has 0 N–H and O–H groups in total. The SMILES string of the molecule is CCOC(=O)c1nc(SC)oc1Br. The summed E-state index contributed by atoms with van der Waals surface area (Å²) in [7, 11) is 0. The van der Waals surface area contributed by atoms with Crippen LogP contribution in [0.25, 0.3) is 0 Å². The van der Waals surface area contributed by atoms with Gasteiger partial charge in [0.25, 0.3) is 5.22 Å². The van der Waals surface area contributed by atoms with Crippen LogP contribution in [0.1, 0.15) is 17.4 Å². The second-order valence-electron chi connectivity index (χ2n) is 2.03. The van der Waals surface area contributed by atoms with Gasteiger partial charge < -0.3 is 9.15 Å². The minimum absolute atomic E-state index is 0.186. The summed E-state index contributed by atoms with van der Waals surface area (Å²) in [6.07, 6.45) is 1.81. The van der Waals surface area contributed by atoms with Gasteiger partial charge in [0.2, 0.25) is 10.4 Å². The van der Waals surface area contributed by atoms with Gasteiger partial charge in [0, 0.05) is 0 Å². The molecule has 0 unspecified atom stereocenters. The lowest BCUT2D eigenvalue weighted by molar-refractivity contribution is 0.0518. The van der Waals surface area contributed by atoms with E-state index >= 15 is 0 Å². The molecule has 0 aliphatic rings. The number of halogens is 1. The summed E-state index contributed by atoms with van der Waals surface area (Å²) in [5.41, 5.74) is 0.186.